The number of amides is 1. The summed E-state index contributed by atoms with van der Waals surface area (Å²) in [5.41, 5.74) is -5.60. The van der Waals surface area contributed by atoms with Crippen molar-refractivity contribution in [3.8, 4) is 0 Å². The number of hydrogen-bond donors (Lipinski definition) is 2. The van der Waals surface area contributed by atoms with Gasteiger partial charge in [-0.05, 0) is 60.8 Å². The molecule has 1 amide bonds. The van der Waals surface area contributed by atoms with Crippen molar-refractivity contribution in [1.29, 1.82) is 0 Å². The maximum atomic E-state index is 14.3. The molecule has 0 radical (unpaired) electrons. The van der Waals surface area contributed by atoms with E-state index in [-0.39, 0.29) is 35.4 Å². The Morgan fingerprint density at radius 2 is 1.61 bits per heavy atom. The van der Waals surface area contributed by atoms with Crippen LogP contribution in [0.2, 0.25) is 0 Å². The molecule has 10 heteroatoms. The fraction of sp³-hybridized carbons (Fsp3) is 0.643. The van der Waals surface area contributed by atoms with Crippen molar-refractivity contribution in [3.63, 3.8) is 0 Å². The average Bonchev–Trinajstić information content (AvgIpc) is 3.19. The molecule has 38 heavy (non-hydrogen) atoms. The Balaban J connectivity index is 1.45. The molecule has 4 nitrogen and oxygen atoms in total. The maximum absolute atomic E-state index is 14.3. The Bertz CT molecular complexity index is 1130. The number of nitrogens with one attached hydrogen (secondary N) is 2. The van der Waals surface area contributed by atoms with Crippen molar-refractivity contribution < 1.29 is 35.9 Å². The molecule has 2 N–H and O–H groups in total. The minimum absolute atomic E-state index is 0.0246. The quantitative estimate of drug-likeness (QED) is 0.458. The highest BCUT2D eigenvalue weighted by Crippen LogP contribution is 2.64. The first-order valence-corrected chi connectivity index (χ1v) is 13.1. The Hall–Kier alpha value is -2.52. The van der Waals surface area contributed by atoms with E-state index in [1.165, 1.54) is 11.4 Å². The number of rotatable bonds is 3. The third-order valence-electron chi connectivity index (χ3n) is 10.3. The maximum Gasteiger partial charge on any atom is 0.424 e. The highest BCUT2D eigenvalue weighted by atomic mass is 19.4. The van der Waals surface area contributed by atoms with Gasteiger partial charge in [0.2, 0.25) is 5.91 Å². The number of carbonyl (C=O) groups is 2. The fourth-order valence-electron chi connectivity index (χ4n) is 8.24. The zero-order valence-electron chi connectivity index (χ0n) is 21.3. The summed E-state index contributed by atoms with van der Waals surface area (Å²) < 4.78 is 85.9. The normalized spacial score (nSPS) is 35.4. The van der Waals surface area contributed by atoms with E-state index in [2.05, 4.69) is 12.2 Å². The van der Waals surface area contributed by atoms with Gasteiger partial charge >= 0.3 is 12.4 Å². The zero-order chi connectivity index (χ0) is 27.7. The lowest BCUT2D eigenvalue weighted by molar-refractivity contribution is -0.312. The van der Waals surface area contributed by atoms with Crippen LogP contribution in [-0.2, 0) is 15.1 Å². The largest absolute Gasteiger partial charge is 0.424 e. The monoisotopic (exact) mass is 542 g/mol. The van der Waals surface area contributed by atoms with Crippen LogP contribution in [0.15, 0.2) is 42.1 Å². The molecule has 1 aromatic rings. The summed E-state index contributed by atoms with van der Waals surface area (Å²) >= 11 is 0. The van der Waals surface area contributed by atoms with E-state index < -0.39 is 40.7 Å². The molecule has 0 bridgehead atoms. The molecular weight excluding hydrogens is 510 g/mol. The first-order valence-electron chi connectivity index (χ1n) is 13.1. The minimum atomic E-state index is -5.80. The van der Waals surface area contributed by atoms with Gasteiger partial charge in [0.1, 0.15) is 0 Å². The summed E-state index contributed by atoms with van der Waals surface area (Å²) in [5, 5.41) is 4.91. The first kappa shape index (κ1) is 27.1. The Kier molecular flexibility index (Phi) is 6.23. The van der Waals surface area contributed by atoms with Gasteiger partial charge in [0, 0.05) is 36.1 Å². The van der Waals surface area contributed by atoms with Crippen molar-refractivity contribution in [2.75, 3.05) is 6.54 Å². The second-order valence-corrected chi connectivity index (χ2v) is 12.0. The van der Waals surface area contributed by atoms with Crippen LogP contribution >= 0.6 is 0 Å². The van der Waals surface area contributed by atoms with Crippen LogP contribution in [0.1, 0.15) is 57.9 Å². The Morgan fingerprint density at radius 3 is 2.24 bits per heavy atom. The second-order valence-electron chi connectivity index (χ2n) is 12.0. The number of allylic oxidation sites excluding steroid dienone is 2. The van der Waals surface area contributed by atoms with Crippen LogP contribution in [0.25, 0.3) is 0 Å². The highest BCUT2D eigenvalue weighted by molar-refractivity contribution is 5.91. The minimum Gasteiger partial charge on any atom is -0.387 e. The second kappa shape index (κ2) is 8.74. The van der Waals surface area contributed by atoms with Crippen LogP contribution in [-0.4, -0.2) is 30.6 Å². The fourth-order valence-corrected chi connectivity index (χ4v) is 8.24. The zero-order valence-corrected chi connectivity index (χ0v) is 21.3. The van der Waals surface area contributed by atoms with Crippen molar-refractivity contribution in [2.45, 2.75) is 70.3 Å². The van der Waals surface area contributed by atoms with Gasteiger partial charge in [-0.15, -0.1) is 0 Å². The predicted molar refractivity (Wildman–Crippen MR) is 127 cm³/mol. The van der Waals surface area contributed by atoms with Gasteiger partial charge < -0.3 is 10.6 Å². The molecule has 0 spiro atoms. The van der Waals surface area contributed by atoms with E-state index in [4.69, 9.17) is 0 Å². The molecule has 1 aromatic carbocycles. The van der Waals surface area contributed by atoms with Crippen LogP contribution in [0.3, 0.4) is 0 Å². The van der Waals surface area contributed by atoms with Gasteiger partial charge in [-0.2, -0.15) is 26.3 Å². The van der Waals surface area contributed by atoms with E-state index in [0.717, 1.165) is 30.0 Å². The van der Waals surface area contributed by atoms with Crippen LogP contribution in [0, 0.1) is 34.5 Å². The van der Waals surface area contributed by atoms with E-state index in [0.29, 0.717) is 38.6 Å². The average molecular weight is 543 g/mol. The van der Waals surface area contributed by atoms with Gasteiger partial charge in [0.25, 0.3) is 5.54 Å². The van der Waals surface area contributed by atoms with Gasteiger partial charge in [0.05, 0.1) is 0 Å². The molecule has 5 rings (SSSR count). The van der Waals surface area contributed by atoms with Gasteiger partial charge in [-0.25, -0.2) is 0 Å². The van der Waals surface area contributed by atoms with Crippen LogP contribution < -0.4 is 10.6 Å². The van der Waals surface area contributed by atoms with Crippen molar-refractivity contribution in [1.82, 2.24) is 10.6 Å². The number of hydrogen-bond acceptors (Lipinski definition) is 3. The molecule has 6 atom stereocenters. The summed E-state index contributed by atoms with van der Waals surface area (Å²) in [5.74, 6) is -1.77. The first-order chi connectivity index (χ1) is 17.6. The lowest BCUT2D eigenvalue weighted by atomic mass is 9.50. The molecule has 2 saturated carbocycles. The molecule has 208 valence electrons. The summed E-state index contributed by atoms with van der Waals surface area (Å²) in [7, 11) is 0. The number of alkyl halides is 6. The Labute approximate surface area is 217 Å². The highest BCUT2D eigenvalue weighted by Gasteiger charge is 2.73. The van der Waals surface area contributed by atoms with Gasteiger partial charge in [-0.3, -0.25) is 9.59 Å². The molecule has 3 fully saturated rings. The number of benzene rings is 1. The van der Waals surface area contributed by atoms with Gasteiger partial charge in [-0.1, -0.05) is 44.2 Å². The molecule has 4 aliphatic rings. The van der Waals surface area contributed by atoms with E-state index >= 15 is 0 Å². The summed E-state index contributed by atoms with van der Waals surface area (Å²) in [6.07, 6.45) is -6.75. The van der Waals surface area contributed by atoms with E-state index in [9.17, 15) is 35.9 Å². The topological polar surface area (TPSA) is 58.2 Å². The molecule has 1 aliphatic heterocycles. The third-order valence-corrected chi connectivity index (χ3v) is 10.3. The molecular formula is C28H32F6N2O2. The summed E-state index contributed by atoms with van der Waals surface area (Å²) in [4.78, 5) is 25.5. The van der Waals surface area contributed by atoms with E-state index in [1.54, 1.807) is 6.08 Å². The standard InChI is InChI=1S/C28H32F6N2O2/c1-24-13-11-20-18(15-35-22-14-17(37)10-12-25(20,22)2)19(24)8-9-21(24)23(38)36-26(27(29,30)31,28(32,33)34)16-6-4-3-5-7-16/h3-7,14,18-21,35H,8-13,15H2,1-2H3,(H,36,38)/t18-,19-,20-,21+,24-,25+/m0/s1. The molecule has 1 saturated heterocycles. The lowest BCUT2D eigenvalue weighted by Crippen LogP contribution is -2.66. The van der Waals surface area contributed by atoms with Crippen molar-refractivity contribution >= 4 is 11.7 Å². The number of fused-ring (bicyclic) bond motifs is 5. The number of carbonyl (C=O) groups excluding carboxylic acids is 2. The van der Waals surface area contributed by atoms with Crippen LogP contribution in [0.5, 0.6) is 0 Å². The molecule has 0 aromatic heterocycles. The summed E-state index contributed by atoms with van der Waals surface area (Å²) in [6.45, 7) is 4.57. The predicted octanol–water partition coefficient (Wildman–Crippen LogP) is 6.04. The molecule has 1 heterocycles. The van der Waals surface area contributed by atoms with Crippen molar-refractivity contribution in [3.05, 3.63) is 47.7 Å². The third kappa shape index (κ3) is 3.79. The SMILES string of the molecule is C[C@]12CC[C@H]3[C@@H](CNC4=CC(=O)CC[C@@]43C)[C@@H]1CC[C@@H]2C(=O)NC(c1ccccc1)(C(F)(F)F)C(F)(F)F. The van der Waals surface area contributed by atoms with Crippen molar-refractivity contribution in [2.24, 2.45) is 34.5 Å². The Morgan fingerprint density at radius 1 is 0.947 bits per heavy atom. The number of piperidine rings is 1. The number of halogens is 6. The summed E-state index contributed by atoms with van der Waals surface area (Å²) in [6, 6.07) is 5.02. The van der Waals surface area contributed by atoms with Gasteiger partial charge in [0.15, 0.2) is 5.78 Å². The smallest absolute Gasteiger partial charge is 0.387 e. The van der Waals surface area contributed by atoms with E-state index in [1.807, 2.05) is 6.92 Å². The van der Waals surface area contributed by atoms with Crippen LogP contribution in [0.4, 0.5) is 26.3 Å². The lowest BCUT2D eigenvalue weighted by Gasteiger charge is -2.58. The number of ketones is 1. The molecule has 3 aliphatic carbocycles. The molecule has 0 unspecified atom stereocenters.